The monoisotopic (exact) mass is 251 g/mol. The van der Waals surface area contributed by atoms with Crippen molar-refractivity contribution in [2.75, 3.05) is 7.05 Å². The van der Waals surface area contributed by atoms with E-state index in [0.717, 1.165) is 18.0 Å². The van der Waals surface area contributed by atoms with Gasteiger partial charge in [-0.05, 0) is 37.2 Å². The highest BCUT2D eigenvalue weighted by Gasteiger charge is 2.16. The molecule has 1 atom stereocenters. The molecule has 2 aromatic rings. The van der Waals surface area contributed by atoms with Gasteiger partial charge in [0, 0.05) is 19.4 Å². The zero-order valence-electron chi connectivity index (χ0n) is 10.3. The Labute approximate surface area is 104 Å². The molecule has 1 heterocycles. The van der Waals surface area contributed by atoms with Crippen LogP contribution in [0.1, 0.15) is 17.4 Å². The fourth-order valence-electron chi connectivity index (χ4n) is 1.96. The van der Waals surface area contributed by atoms with Crippen LogP contribution >= 0.6 is 0 Å². The Morgan fingerprint density at radius 2 is 2.17 bits per heavy atom. The standard InChI is InChI=1S/C13H15F2N3/c1-16-12(13-17-5-6-18(13)2)8-9-7-10(14)3-4-11(9)15/h3-7,12,16H,8H2,1-2H3. The summed E-state index contributed by atoms with van der Waals surface area (Å²) in [6.07, 6.45) is 3.86. The van der Waals surface area contributed by atoms with E-state index >= 15 is 0 Å². The minimum Gasteiger partial charge on any atom is -0.337 e. The van der Waals surface area contributed by atoms with Crippen molar-refractivity contribution in [2.45, 2.75) is 12.5 Å². The average molecular weight is 251 g/mol. The first-order valence-electron chi connectivity index (χ1n) is 5.70. The largest absolute Gasteiger partial charge is 0.337 e. The maximum atomic E-state index is 13.6. The molecule has 18 heavy (non-hydrogen) atoms. The van der Waals surface area contributed by atoms with Gasteiger partial charge < -0.3 is 9.88 Å². The van der Waals surface area contributed by atoms with E-state index in [1.165, 1.54) is 6.07 Å². The molecular formula is C13H15F2N3. The van der Waals surface area contributed by atoms with Gasteiger partial charge in [-0.15, -0.1) is 0 Å². The normalized spacial score (nSPS) is 12.7. The van der Waals surface area contributed by atoms with Crippen molar-refractivity contribution in [3.8, 4) is 0 Å². The molecule has 2 rings (SSSR count). The van der Waals surface area contributed by atoms with Crippen molar-refractivity contribution in [3.05, 3.63) is 53.6 Å². The third-order valence-electron chi connectivity index (χ3n) is 2.95. The second kappa shape index (κ2) is 5.27. The fourth-order valence-corrected chi connectivity index (χ4v) is 1.96. The Kier molecular flexibility index (Phi) is 3.72. The summed E-state index contributed by atoms with van der Waals surface area (Å²) < 4.78 is 28.6. The number of benzene rings is 1. The summed E-state index contributed by atoms with van der Waals surface area (Å²) in [6.45, 7) is 0. The fraction of sp³-hybridized carbons (Fsp3) is 0.308. The van der Waals surface area contributed by atoms with E-state index in [-0.39, 0.29) is 6.04 Å². The number of halogens is 2. The van der Waals surface area contributed by atoms with Gasteiger partial charge in [-0.1, -0.05) is 0 Å². The molecule has 1 unspecified atom stereocenters. The molecule has 1 aromatic carbocycles. The number of rotatable bonds is 4. The second-order valence-corrected chi connectivity index (χ2v) is 4.18. The van der Waals surface area contributed by atoms with Crippen LogP contribution in [0.2, 0.25) is 0 Å². The molecule has 0 aliphatic heterocycles. The first-order valence-corrected chi connectivity index (χ1v) is 5.70. The van der Waals surface area contributed by atoms with Gasteiger partial charge in [0.15, 0.2) is 0 Å². The first kappa shape index (κ1) is 12.7. The smallest absolute Gasteiger partial charge is 0.126 e. The summed E-state index contributed by atoms with van der Waals surface area (Å²) in [7, 11) is 3.64. The maximum absolute atomic E-state index is 13.6. The van der Waals surface area contributed by atoms with Crippen LogP contribution in [0, 0.1) is 11.6 Å². The summed E-state index contributed by atoms with van der Waals surface area (Å²) in [5.41, 5.74) is 0.345. The van der Waals surface area contributed by atoms with Crippen LogP contribution in [0.25, 0.3) is 0 Å². The Hall–Kier alpha value is -1.75. The van der Waals surface area contributed by atoms with Crippen molar-refractivity contribution in [3.63, 3.8) is 0 Å². The number of hydrogen-bond donors (Lipinski definition) is 1. The van der Waals surface area contributed by atoms with Crippen LogP contribution in [-0.2, 0) is 13.5 Å². The molecule has 0 spiro atoms. The molecule has 96 valence electrons. The summed E-state index contributed by atoms with van der Waals surface area (Å²) in [4.78, 5) is 4.22. The van der Waals surface area contributed by atoms with E-state index in [1.54, 1.807) is 13.2 Å². The highest BCUT2D eigenvalue weighted by Crippen LogP contribution is 2.19. The molecule has 0 radical (unpaired) electrons. The van der Waals surface area contributed by atoms with Crippen molar-refractivity contribution in [2.24, 2.45) is 7.05 Å². The zero-order valence-corrected chi connectivity index (χ0v) is 10.3. The molecule has 5 heteroatoms. The van der Waals surface area contributed by atoms with Crippen molar-refractivity contribution >= 4 is 0 Å². The molecule has 0 saturated heterocycles. The first-order chi connectivity index (χ1) is 8.61. The predicted molar refractivity (Wildman–Crippen MR) is 65.1 cm³/mol. The van der Waals surface area contributed by atoms with Crippen molar-refractivity contribution in [1.82, 2.24) is 14.9 Å². The van der Waals surface area contributed by atoms with Gasteiger partial charge >= 0.3 is 0 Å². The molecule has 0 fully saturated rings. The lowest BCUT2D eigenvalue weighted by Gasteiger charge is -2.16. The third kappa shape index (κ3) is 2.56. The van der Waals surface area contributed by atoms with E-state index in [1.807, 2.05) is 17.8 Å². The minimum atomic E-state index is -0.430. The van der Waals surface area contributed by atoms with Crippen LogP contribution in [-0.4, -0.2) is 16.6 Å². The molecule has 0 aliphatic rings. The Morgan fingerprint density at radius 3 is 2.78 bits per heavy atom. The summed E-state index contributed by atoms with van der Waals surface area (Å²) in [5.74, 6) is -0.0342. The van der Waals surface area contributed by atoms with Gasteiger partial charge in [-0.2, -0.15) is 0 Å². The van der Waals surface area contributed by atoms with E-state index < -0.39 is 11.6 Å². The van der Waals surface area contributed by atoms with Crippen LogP contribution in [0.3, 0.4) is 0 Å². The molecule has 0 aliphatic carbocycles. The Balaban J connectivity index is 2.26. The van der Waals surface area contributed by atoms with E-state index in [9.17, 15) is 8.78 Å². The summed E-state index contributed by atoms with van der Waals surface area (Å²) >= 11 is 0. The van der Waals surface area contributed by atoms with Gasteiger partial charge in [-0.25, -0.2) is 13.8 Å². The number of nitrogens with zero attached hydrogens (tertiary/aromatic N) is 2. The molecule has 0 bridgehead atoms. The van der Waals surface area contributed by atoms with Crippen molar-refractivity contribution < 1.29 is 8.78 Å². The highest BCUT2D eigenvalue weighted by atomic mass is 19.1. The van der Waals surface area contributed by atoms with E-state index in [4.69, 9.17) is 0 Å². The highest BCUT2D eigenvalue weighted by molar-refractivity contribution is 5.21. The lowest BCUT2D eigenvalue weighted by Crippen LogP contribution is -2.22. The van der Waals surface area contributed by atoms with Gasteiger partial charge in [0.2, 0.25) is 0 Å². The van der Waals surface area contributed by atoms with Gasteiger partial charge in [0.05, 0.1) is 6.04 Å². The molecule has 0 amide bonds. The predicted octanol–water partition coefficient (Wildman–Crippen LogP) is 2.20. The maximum Gasteiger partial charge on any atom is 0.126 e. The second-order valence-electron chi connectivity index (χ2n) is 4.18. The summed E-state index contributed by atoms with van der Waals surface area (Å²) in [6, 6.07) is 3.34. The van der Waals surface area contributed by atoms with Gasteiger partial charge in [0.25, 0.3) is 0 Å². The number of likely N-dealkylation sites (N-methyl/N-ethyl adjacent to an activating group) is 1. The van der Waals surface area contributed by atoms with Crippen molar-refractivity contribution in [1.29, 1.82) is 0 Å². The molecule has 3 nitrogen and oxygen atoms in total. The number of aryl methyl sites for hydroxylation is 1. The number of nitrogens with one attached hydrogen (secondary N) is 1. The minimum absolute atomic E-state index is 0.152. The molecule has 1 aromatic heterocycles. The van der Waals surface area contributed by atoms with Crippen LogP contribution in [0.4, 0.5) is 8.78 Å². The van der Waals surface area contributed by atoms with E-state index in [2.05, 4.69) is 10.3 Å². The average Bonchev–Trinajstić information content (AvgIpc) is 2.77. The molecular weight excluding hydrogens is 236 g/mol. The van der Waals surface area contributed by atoms with E-state index in [0.29, 0.717) is 12.0 Å². The third-order valence-corrected chi connectivity index (χ3v) is 2.95. The Morgan fingerprint density at radius 1 is 1.39 bits per heavy atom. The number of hydrogen-bond acceptors (Lipinski definition) is 2. The lowest BCUT2D eigenvalue weighted by atomic mass is 10.0. The van der Waals surface area contributed by atoms with Gasteiger partial charge in [0.1, 0.15) is 17.5 Å². The van der Waals surface area contributed by atoms with Crippen LogP contribution < -0.4 is 5.32 Å². The number of aromatic nitrogens is 2. The van der Waals surface area contributed by atoms with Crippen LogP contribution in [0.15, 0.2) is 30.6 Å². The van der Waals surface area contributed by atoms with Crippen LogP contribution in [0.5, 0.6) is 0 Å². The molecule has 0 saturated carbocycles. The molecule has 1 N–H and O–H groups in total. The lowest BCUT2D eigenvalue weighted by molar-refractivity contribution is 0.514. The quantitative estimate of drug-likeness (QED) is 0.902. The topological polar surface area (TPSA) is 29.9 Å². The zero-order chi connectivity index (χ0) is 13.1. The Bertz CT molecular complexity index is 537. The summed E-state index contributed by atoms with van der Waals surface area (Å²) in [5, 5.41) is 3.07. The van der Waals surface area contributed by atoms with Gasteiger partial charge in [-0.3, -0.25) is 0 Å². The number of imidazole rings is 1. The SMILES string of the molecule is CNC(Cc1cc(F)ccc1F)c1nccn1C.